The number of hydrogen-bond donors (Lipinski definition) is 1. The van der Waals surface area contributed by atoms with Crippen LogP contribution in [0.1, 0.15) is 36.6 Å². The van der Waals surface area contributed by atoms with Crippen LogP contribution in [0.15, 0.2) is 29.4 Å². The summed E-state index contributed by atoms with van der Waals surface area (Å²) in [5.74, 6) is 1.19. The lowest BCUT2D eigenvalue weighted by Crippen LogP contribution is -2.24. The van der Waals surface area contributed by atoms with Crippen LogP contribution in [0.25, 0.3) is 11.0 Å². The molecule has 0 bridgehead atoms. The van der Waals surface area contributed by atoms with E-state index < -0.39 is 8.07 Å². The molecule has 3 heterocycles. The molecule has 1 aliphatic carbocycles. The second-order valence-electron chi connectivity index (χ2n) is 10.0. The van der Waals surface area contributed by atoms with Crippen LogP contribution >= 0.6 is 11.3 Å². The number of methoxy groups -OCH3 is 1. The Hall–Kier alpha value is -2.14. The second-order valence-corrected chi connectivity index (χ2v) is 16.6. The first-order valence-electron chi connectivity index (χ1n) is 12.1. The van der Waals surface area contributed by atoms with E-state index >= 15 is 0 Å². The Morgan fingerprint density at radius 3 is 2.76 bits per heavy atom. The van der Waals surface area contributed by atoms with Gasteiger partial charge in [0.05, 0.1) is 29.5 Å². The molecule has 0 radical (unpaired) electrons. The van der Waals surface area contributed by atoms with Gasteiger partial charge < -0.3 is 14.8 Å². The van der Waals surface area contributed by atoms with Gasteiger partial charge in [0.25, 0.3) is 0 Å². The molecule has 0 spiro atoms. The van der Waals surface area contributed by atoms with Crippen molar-refractivity contribution in [2.24, 2.45) is 4.99 Å². The molecule has 8 nitrogen and oxygen atoms in total. The molecule has 1 saturated carbocycles. The third-order valence-electron chi connectivity index (χ3n) is 5.92. The number of aromatic nitrogens is 4. The van der Waals surface area contributed by atoms with Crippen LogP contribution in [0.2, 0.25) is 25.7 Å². The lowest BCUT2D eigenvalue weighted by atomic mass is 10.1. The standard InChI is InChI=1S/C24H36N6O2SSi/c1-31-12-11-25-19-15-21-20(26-16-19)9-10-22(27-21)28-24-30(17-32-13-14-34(2,3)4)29-23(33-24)18-7-5-6-8-18/h9-10,15-16,18,25H,5-8,11-14,17H2,1-4H3/b28-24-. The van der Waals surface area contributed by atoms with E-state index in [1.165, 1.54) is 25.7 Å². The number of fused-ring (bicyclic) bond motifs is 1. The summed E-state index contributed by atoms with van der Waals surface area (Å²) in [6.45, 7) is 9.64. The molecule has 0 saturated heterocycles. The normalized spacial score (nSPS) is 15.5. The first kappa shape index (κ1) is 25.0. The maximum absolute atomic E-state index is 6.02. The zero-order valence-corrected chi connectivity index (χ0v) is 22.5. The van der Waals surface area contributed by atoms with Crippen molar-refractivity contribution in [2.45, 2.75) is 64.0 Å². The highest BCUT2D eigenvalue weighted by Gasteiger charge is 2.21. The van der Waals surface area contributed by atoms with Crippen LogP contribution in [-0.4, -0.2) is 54.7 Å². The summed E-state index contributed by atoms with van der Waals surface area (Å²) in [5, 5.41) is 9.38. The maximum Gasteiger partial charge on any atom is 0.211 e. The van der Waals surface area contributed by atoms with Gasteiger partial charge in [0.2, 0.25) is 4.80 Å². The van der Waals surface area contributed by atoms with Crippen LogP contribution in [0.4, 0.5) is 11.5 Å². The predicted octanol–water partition coefficient (Wildman–Crippen LogP) is 5.15. The molecule has 1 aliphatic rings. The molecule has 10 heteroatoms. The lowest BCUT2D eigenvalue weighted by molar-refractivity contribution is 0.0757. The van der Waals surface area contributed by atoms with Crippen LogP contribution in [0, 0.1) is 0 Å². The van der Waals surface area contributed by atoms with Crippen molar-refractivity contribution in [3.8, 4) is 0 Å². The Bertz CT molecular complexity index is 1150. The minimum absolute atomic E-state index is 0.426. The molecule has 1 fully saturated rings. The Morgan fingerprint density at radius 2 is 2.00 bits per heavy atom. The van der Waals surface area contributed by atoms with E-state index in [0.29, 0.717) is 25.1 Å². The van der Waals surface area contributed by atoms with Crippen molar-refractivity contribution >= 4 is 41.9 Å². The van der Waals surface area contributed by atoms with Crippen LogP contribution in [0.5, 0.6) is 0 Å². The molecular weight excluding hydrogens is 464 g/mol. The maximum atomic E-state index is 6.02. The first-order valence-corrected chi connectivity index (χ1v) is 16.6. The number of hydrogen-bond acceptors (Lipinski definition) is 8. The molecule has 3 aromatic heterocycles. The van der Waals surface area contributed by atoms with Crippen molar-refractivity contribution in [3.63, 3.8) is 0 Å². The molecule has 184 valence electrons. The zero-order valence-electron chi connectivity index (χ0n) is 20.7. The molecule has 0 aromatic carbocycles. The summed E-state index contributed by atoms with van der Waals surface area (Å²) >= 11 is 1.67. The number of pyridine rings is 2. The van der Waals surface area contributed by atoms with Gasteiger partial charge in [0.15, 0.2) is 5.82 Å². The summed E-state index contributed by atoms with van der Waals surface area (Å²) < 4.78 is 13.0. The third-order valence-corrected chi connectivity index (χ3v) is 8.73. The molecule has 0 amide bonds. The van der Waals surface area contributed by atoms with E-state index in [2.05, 4.69) is 29.9 Å². The van der Waals surface area contributed by atoms with Crippen LogP contribution in [0.3, 0.4) is 0 Å². The fourth-order valence-electron chi connectivity index (χ4n) is 3.91. The van der Waals surface area contributed by atoms with E-state index in [4.69, 9.17) is 24.5 Å². The molecule has 4 rings (SSSR count). The molecule has 3 aromatic rings. The van der Waals surface area contributed by atoms with Crippen molar-refractivity contribution in [1.29, 1.82) is 0 Å². The second kappa shape index (κ2) is 11.5. The lowest BCUT2D eigenvalue weighted by Gasteiger charge is -2.15. The summed E-state index contributed by atoms with van der Waals surface area (Å²) in [6.07, 6.45) is 6.80. The largest absolute Gasteiger partial charge is 0.383 e. The predicted molar refractivity (Wildman–Crippen MR) is 141 cm³/mol. The van der Waals surface area contributed by atoms with Gasteiger partial charge >= 0.3 is 0 Å². The molecule has 0 unspecified atom stereocenters. The van der Waals surface area contributed by atoms with Gasteiger partial charge in [-0.25, -0.2) is 9.67 Å². The molecule has 34 heavy (non-hydrogen) atoms. The average Bonchev–Trinajstić information content (AvgIpc) is 3.46. The SMILES string of the molecule is COCCNc1cnc2ccc(/N=c3\sc(C4CCCC4)nn3COCC[Si](C)(C)C)nc2c1. The highest BCUT2D eigenvalue weighted by atomic mass is 32.1. The van der Waals surface area contributed by atoms with E-state index in [1.54, 1.807) is 18.4 Å². The van der Waals surface area contributed by atoms with Crippen molar-refractivity contribution in [3.05, 3.63) is 34.2 Å². The Morgan fingerprint density at radius 1 is 1.18 bits per heavy atom. The van der Waals surface area contributed by atoms with Gasteiger partial charge in [-0.2, -0.15) is 10.1 Å². The minimum atomic E-state index is -1.13. The topological polar surface area (TPSA) is 86.5 Å². The first-order chi connectivity index (χ1) is 16.4. The minimum Gasteiger partial charge on any atom is -0.383 e. The third kappa shape index (κ3) is 6.94. The Labute approximate surface area is 206 Å². The van der Waals surface area contributed by atoms with Crippen LogP contribution in [-0.2, 0) is 16.2 Å². The van der Waals surface area contributed by atoms with Gasteiger partial charge in [0.1, 0.15) is 11.7 Å². The fraction of sp³-hybridized carbons (Fsp3) is 0.583. The smallest absolute Gasteiger partial charge is 0.211 e. The van der Waals surface area contributed by atoms with Crippen LogP contribution < -0.4 is 10.1 Å². The number of nitrogens with one attached hydrogen (secondary N) is 1. The molecule has 0 atom stereocenters. The molecule has 1 N–H and O–H groups in total. The monoisotopic (exact) mass is 500 g/mol. The number of nitrogens with zero attached hydrogens (tertiary/aromatic N) is 5. The van der Waals surface area contributed by atoms with E-state index in [9.17, 15) is 0 Å². The zero-order chi connectivity index (χ0) is 24.0. The van der Waals surface area contributed by atoms with E-state index in [0.717, 1.165) is 45.7 Å². The highest BCUT2D eigenvalue weighted by Crippen LogP contribution is 2.34. The van der Waals surface area contributed by atoms with Gasteiger partial charge in [-0.05, 0) is 37.1 Å². The van der Waals surface area contributed by atoms with Crippen molar-refractivity contribution in [2.75, 3.05) is 32.2 Å². The number of rotatable bonds is 11. The summed E-state index contributed by atoms with van der Waals surface area (Å²) in [4.78, 5) is 15.0. The van der Waals surface area contributed by atoms with Crippen molar-refractivity contribution < 1.29 is 9.47 Å². The quantitative estimate of drug-likeness (QED) is 0.289. The Balaban J connectivity index is 1.58. The molecular formula is C24H36N6O2SSi. The van der Waals surface area contributed by atoms with E-state index in [-0.39, 0.29) is 0 Å². The van der Waals surface area contributed by atoms with Gasteiger partial charge in [0, 0.05) is 34.3 Å². The van der Waals surface area contributed by atoms with Gasteiger partial charge in [-0.15, -0.1) is 0 Å². The highest BCUT2D eigenvalue weighted by molar-refractivity contribution is 7.08. The van der Waals surface area contributed by atoms with Crippen molar-refractivity contribution in [1.82, 2.24) is 19.7 Å². The average molecular weight is 501 g/mol. The number of ether oxygens (including phenoxy) is 2. The number of anilines is 1. The Kier molecular flexibility index (Phi) is 8.46. The summed E-state index contributed by atoms with van der Waals surface area (Å²) in [6, 6.07) is 7.02. The van der Waals surface area contributed by atoms with E-state index in [1.807, 2.05) is 29.1 Å². The summed E-state index contributed by atoms with van der Waals surface area (Å²) in [7, 11) is 0.560. The fourth-order valence-corrected chi connectivity index (χ4v) is 5.73. The van der Waals surface area contributed by atoms with Gasteiger partial charge in [-0.1, -0.05) is 43.8 Å². The molecule has 0 aliphatic heterocycles. The summed E-state index contributed by atoms with van der Waals surface area (Å²) in [5.41, 5.74) is 2.57. The van der Waals surface area contributed by atoms with Gasteiger partial charge in [-0.3, -0.25) is 4.98 Å².